The van der Waals surface area contributed by atoms with E-state index in [9.17, 15) is 19.2 Å². The summed E-state index contributed by atoms with van der Waals surface area (Å²) in [6, 6.07) is 31.0. The predicted octanol–water partition coefficient (Wildman–Crippen LogP) is 9.19. The number of carbonyl (C=O) groups is 5. The quantitative estimate of drug-likeness (QED) is 0.0392. The standard InChI is InChI=1S/C78H95Cl2F2N15O8/c1-51(2)105-66-35-61(103-5)17-18-62(66)75-88-73(54-9-13-59(79)14-10-54)74(55-11-15-60(80)16-12-55)97(75)76(102)95-29-28-94(72(101)48-95)46-70(99)83-23-31-104-32-30-91-41-57-43-92(44-58(57)42-91)45-69(98)85-39-53-8-6-7-52(33-53)38-84-67-37-68(87-50-86-67)93-26-21-78(22-27-93)49-96(47-71(100)89-78)65-36-63(81)56(34-64(65)82)40-90-24-19-77(3,4)20-25-90/h6-18,33-37,50-51,57-58,73-74H,19-32,38-49H2,1-5H3,(H,83,99)(H,85,98)(H,89,100)(H,84,86,87)/t57-,58+,73-,74+/m0/s1. The number of hydrogen-bond acceptors (Lipinski definition) is 17. The van der Waals surface area contributed by atoms with Gasteiger partial charge in [0.15, 0.2) is 0 Å². The summed E-state index contributed by atoms with van der Waals surface area (Å²) >= 11 is 12.8. The second-order valence-electron chi connectivity index (χ2n) is 30.0. The molecular weight excluding hydrogens is 1380 g/mol. The molecule has 1 aromatic heterocycles. The third-order valence-corrected chi connectivity index (χ3v) is 22.0. The molecule has 4 atom stereocenters. The number of amidine groups is 1. The van der Waals surface area contributed by atoms with E-state index in [-0.39, 0.29) is 80.1 Å². The molecule has 0 saturated carbocycles. The van der Waals surface area contributed by atoms with Gasteiger partial charge in [0, 0.05) is 125 Å². The lowest BCUT2D eigenvalue weighted by molar-refractivity contribution is -0.139. The van der Waals surface area contributed by atoms with E-state index in [1.807, 2.05) is 68.4 Å². The van der Waals surface area contributed by atoms with E-state index in [0.717, 1.165) is 86.7 Å². The molecule has 8 heterocycles. The minimum atomic E-state index is -0.659. The maximum absolute atomic E-state index is 15.8. The summed E-state index contributed by atoms with van der Waals surface area (Å²) in [6.07, 6.45) is 4.54. The minimum absolute atomic E-state index is 0.0197. The van der Waals surface area contributed by atoms with Crippen molar-refractivity contribution in [3.63, 3.8) is 0 Å². The Hall–Kier alpha value is -8.72. The van der Waals surface area contributed by atoms with Crippen LogP contribution >= 0.6 is 23.2 Å². The smallest absolute Gasteiger partial charge is 0.326 e. The summed E-state index contributed by atoms with van der Waals surface area (Å²) in [5.41, 5.74) is 4.28. The summed E-state index contributed by atoms with van der Waals surface area (Å²) < 4.78 is 49.3. The molecule has 105 heavy (non-hydrogen) atoms. The molecule has 0 aliphatic carbocycles. The van der Waals surface area contributed by atoms with Gasteiger partial charge >= 0.3 is 6.03 Å². The summed E-state index contributed by atoms with van der Waals surface area (Å²) in [7, 11) is 1.57. The van der Waals surface area contributed by atoms with Gasteiger partial charge in [-0.2, -0.15) is 0 Å². The maximum Gasteiger partial charge on any atom is 0.326 e. The third-order valence-electron chi connectivity index (χ3n) is 21.5. The van der Waals surface area contributed by atoms with Crippen molar-refractivity contribution in [1.29, 1.82) is 0 Å². The molecule has 0 radical (unpaired) electrons. The Morgan fingerprint density at radius 1 is 0.705 bits per heavy atom. The number of nitrogens with zero attached hydrogens (tertiary/aromatic N) is 11. The van der Waals surface area contributed by atoms with Crippen molar-refractivity contribution in [3.8, 4) is 11.5 Å². The molecule has 5 aromatic carbocycles. The second-order valence-corrected chi connectivity index (χ2v) is 30.9. The monoisotopic (exact) mass is 1480 g/mol. The Morgan fingerprint density at radius 2 is 1.40 bits per heavy atom. The molecule has 1 spiro atoms. The number of benzene rings is 5. The van der Waals surface area contributed by atoms with E-state index >= 15 is 13.6 Å². The average Bonchev–Trinajstić information content (AvgIpc) is 1.62. The van der Waals surface area contributed by atoms with Crippen LogP contribution in [0.15, 0.2) is 121 Å². The number of halogens is 4. The van der Waals surface area contributed by atoms with Gasteiger partial charge < -0.3 is 60.0 Å². The van der Waals surface area contributed by atoms with Crippen molar-refractivity contribution < 1.29 is 47.0 Å². The zero-order chi connectivity index (χ0) is 73.5. The van der Waals surface area contributed by atoms with Gasteiger partial charge in [0.05, 0.1) is 68.9 Å². The number of rotatable bonds is 25. The van der Waals surface area contributed by atoms with Crippen LogP contribution in [0.5, 0.6) is 11.5 Å². The van der Waals surface area contributed by atoms with E-state index in [1.165, 1.54) is 28.3 Å². The number of urea groups is 1. The molecule has 0 bridgehead atoms. The lowest BCUT2D eigenvalue weighted by Crippen LogP contribution is -2.66. The van der Waals surface area contributed by atoms with Crippen molar-refractivity contribution in [2.75, 3.05) is 147 Å². The van der Waals surface area contributed by atoms with Crippen LogP contribution in [0, 0.1) is 28.9 Å². The van der Waals surface area contributed by atoms with Crippen molar-refractivity contribution in [2.45, 2.75) is 96.7 Å². The molecule has 23 nitrogen and oxygen atoms in total. The number of nitrogens with one attached hydrogen (secondary N) is 4. The number of aromatic nitrogens is 2. The van der Waals surface area contributed by atoms with Gasteiger partial charge in [-0.15, -0.1) is 0 Å². The first-order chi connectivity index (χ1) is 50.6. The average molecular weight is 1480 g/mol. The fourth-order valence-electron chi connectivity index (χ4n) is 15.7. The summed E-state index contributed by atoms with van der Waals surface area (Å²) in [5.74, 6) is 1.84. The molecule has 558 valence electrons. The Kier molecular flexibility index (Phi) is 23.4. The van der Waals surface area contributed by atoms with E-state index in [4.69, 9.17) is 42.4 Å². The number of piperazine rings is 2. The fourth-order valence-corrected chi connectivity index (χ4v) is 16.0. The van der Waals surface area contributed by atoms with Crippen molar-refractivity contribution >= 4 is 76.0 Å². The van der Waals surface area contributed by atoms with Crippen LogP contribution in [0.3, 0.4) is 0 Å². The SMILES string of the molecule is COc1ccc(C2=N[C@@H](c3ccc(Cl)cc3)[C@@H](c3ccc(Cl)cc3)N2C(=O)N2CCN(CC(=O)NCCOCCN3C[C@@H]4CN(CC(=O)NCc5cccc(CNc6cc(N7CCC8(CC7)CN(c7cc(F)c(CN9CCC(C)(C)CC9)cc7F)CC(=O)N8)ncn6)c5)C[C@@H]4C3)C(=O)C2)c(OC(C)C)c1. The highest BCUT2D eigenvalue weighted by atomic mass is 35.5. The van der Waals surface area contributed by atoms with E-state index in [1.54, 1.807) is 53.3 Å². The third kappa shape index (κ3) is 18.4. The first-order valence-electron chi connectivity index (χ1n) is 36.6. The molecule has 27 heteroatoms. The number of anilines is 3. The first kappa shape index (κ1) is 74.5. The van der Waals surface area contributed by atoms with Crippen LogP contribution in [0.1, 0.15) is 98.8 Å². The molecule has 0 unspecified atom stereocenters. The minimum Gasteiger partial charge on any atom is -0.497 e. The van der Waals surface area contributed by atoms with Crippen LogP contribution in [0.4, 0.5) is 30.9 Å². The molecule has 7 aliphatic rings. The number of methoxy groups -OCH3 is 1. The predicted molar refractivity (Wildman–Crippen MR) is 400 cm³/mol. The summed E-state index contributed by atoms with van der Waals surface area (Å²) in [4.78, 5) is 98.5. The maximum atomic E-state index is 15.8. The van der Waals surface area contributed by atoms with Gasteiger partial charge in [0.25, 0.3) is 0 Å². The van der Waals surface area contributed by atoms with E-state index in [2.05, 4.69) is 70.7 Å². The fraction of sp³-hybridized carbons (Fsp3) is 0.487. The number of aliphatic imine (C=N–C) groups is 1. The normalized spacial score (nSPS) is 21.2. The molecular formula is C78H95Cl2F2N15O8. The molecule has 6 amide bonds. The number of carbonyl (C=O) groups excluding carboxylic acids is 5. The van der Waals surface area contributed by atoms with Crippen LogP contribution in [-0.4, -0.2) is 218 Å². The number of hydrogen-bond donors (Lipinski definition) is 4. The van der Waals surface area contributed by atoms with Crippen LogP contribution in [0.2, 0.25) is 10.0 Å². The van der Waals surface area contributed by atoms with Crippen molar-refractivity contribution in [2.24, 2.45) is 22.2 Å². The molecule has 4 N–H and O–H groups in total. The van der Waals surface area contributed by atoms with Crippen LogP contribution in [-0.2, 0) is 43.5 Å². The highest BCUT2D eigenvalue weighted by Gasteiger charge is 2.47. The van der Waals surface area contributed by atoms with Crippen molar-refractivity contribution in [1.82, 2.24) is 55.3 Å². The van der Waals surface area contributed by atoms with E-state index in [0.29, 0.717) is 128 Å². The summed E-state index contributed by atoms with van der Waals surface area (Å²) in [6.45, 7) is 18.4. The van der Waals surface area contributed by atoms with E-state index < -0.39 is 35.3 Å². The second kappa shape index (κ2) is 33.0. The van der Waals surface area contributed by atoms with Gasteiger partial charge in [0.1, 0.15) is 59.5 Å². The number of likely N-dealkylation sites (tertiary alicyclic amines) is 3. The Bertz CT molecular complexity index is 4130. The number of piperidine rings is 2. The van der Waals surface area contributed by atoms with Gasteiger partial charge in [-0.05, 0) is 135 Å². The molecule has 6 saturated heterocycles. The molecule has 13 rings (SSSR count). The van der Waals surface area contributed by atoms with Crippen LogP contribution in [0.25, 0.3) is 0 Å². The van der Waals surface area contributed by atoms with Crippen molar-refractivity contribution in [3.05, 3.63) is 171 Å². The lowest BCUT2D eigenvalue weighted by atomic mass is 9.82. The lowest BCUT2D eigenvalue weighted by Gasteiger charge is -2.48. The highest BCUT2D eigenvalue weighted by Crippen LogP contribution is 2.47. The highest BCUT2D eigenvalue weighted by molar-refractivity contribution is 6.30. The van der Waals surface area contributed by atoms with Gasteiger partial charge in [-0.1, -0.05) is 85.6 Å². The summed E-state index contributed by atoms with van der Waals surface area (Å²) in [5, 5.41) is 13.8. The van der Waals surface area contributed by atoms with Gasteiger partial charge in [-0.25, -0.2) is 23.5 Å². The zero-order valence-corrected chi connectivity index (χ0v) is 62.0. The van der Waals surface area contributed by atoms with Crippen LogP contribution < -0.4 is 40.5 Å². The Labute approximate surface area is 622 Å². The molecule has 7 aliphatic heterocycles. The van der Waals surface area contributed by atoms with Gasteiger partial charge in [-0.3, -0.25) is 38.9 Å². The Morgan fingerprint density at radius 3 is 2.10 bits per heavy atom. The zero-order valence-electron chi connectivity index (χ0n) is 60.4. The number of fused-ring (bicyclic) bond motifs is 1. The topological polar surface area (TPSA) is 225 Å². The Balaban J connectivity index is 0.505. The molecule has 6 fully saturated rings. The van der Waals surface area contributed by atoms with Gasteiger partial charge in [0.2, 0.25) is 23.6 Å². The largest absolute Gasteiger partial charge is 0.497 e. The molecule has 6 aromatic rings. The number of ether oxygens (including phenoxy) is 3. The first-order valence-corrected chi connectivity index (χ1v) is 37.4. The number of amides is 6.